The summed E-state index contributed by atoms with van der Waals surface area (Å²) in [6.07, 6.45) is 3.33. The quantitative estimate of drug-likeness (QED) is 0.825. The zero-order chi connectivity index (χ0) is 12.4. The Morgan fingerprint density at radius 3 is 2.83 bits per heavy atom. The highest BCUT2D eigenvalue weighted by Crippen LogP contribution is 2.38. The van der Waals surface area contributed by atoms with E-state index in [1.165, 1.54) is 0 Å². The molecule has 0 spiro atoms. The van der Waals surface area contributed by atoms with Crippen molar-refractivity contribution in [2.75, 3.05) is 0 Å². The standard InChI is InChI=1S/C14H17NO3/c16-14(12-8-11-6-7-13(12)18-11)15-17-9-10-4-2-1-3-5-10/h1-5,11-13H,6-9H2,(H,15,16). The van der Waals surface area contributed by atoms with Crippen molar-refractivity contribution in [2.24, 2.45) is 5.92 Å². The molecule has 0 radical (unpaired) electrons. The van der Waals surface area contributed by atoms with Crippen LogP contribution >= 0.6 is 0 Å². The Bertz CT molecular complexity index is 420. The van der Waals surface area contributed by atoms with Crippen LogP contribution in [0.25, 0.3) is 0 Å². The lowest BCUT2D eigenvalue weighted by molar-refractivity contribution is -0.140. The molecule has 2 aliphatic rings. The minimum absolute atomic E-state index is 0.0282. The van der Waals surface area contributed by atoms with E-state index >= 15 is 0 Å². The number of amides is 1. The van der Waals surface area contributed by atoms with E-state index in [9.17, 15) is 4.79 Å². The maximum Gasteiger partial charge on any atom is 0.249 e. The molecule has 0 aliphatic carbocycles. The zero-order valence-corrected chi connectivity index (χ0v) is 10.2. The third-order valence-corrected chi connectivity index (χ3v) is 3.70. The number of benzene rings is 1. The average Bonchev–Trinajstić information content (AvgIpc) is 3.02. The fraction of sp³-hybridized carbons (Fsp3) is 0.500. The molecule has 4 heteroatoms. The van der Waals surface area contributed by atoms with Crippen molar-refractivity contribution in [3.63, 3.8) is 0 Å². The van der Waals surface area contributed by atoms with Gasteiger partial charge in [0, 0.05) is 0 Å². The van der Waals surface area contributed by atoms with Gasteiger partial charge in [-0.15, -0.1) is 0 Å². The van der Waals surface area contributed by atoms with Crippen LogP contribution in [-0.4, -0.2) is 18.1 Å². The Morgan fingerprint density at radius 2 is 2.17 bits per heavy atom. The molecule has 2 bridgehead atoms. The van der Waals surface area contributed by atoms with Crippen molar-refractivity contribution in [1.29, 1.82) is 0 Å². The summed E-state index contributed by atoms with van der Waals surface area (Å²) < 4.78 is 5.65. The molecular weight excluding hydrogens is 230 g/mol. The van der Waals surface area contributed by atoms with Crippen LogP contribution in [0.15, 0.2) is 30.3 Å². The van der Waals surface area contributed by atoms with Gasteiger partial charge < -0.3 is 4.74 Å². The van der Waals surface area contributed by atoms with Crippen LogP contribution in [0.4, 0.5) is 0 Å². The molecule has 1 amide bonds. The number of hydroxylamine groups is 1. The normalized spacial score (nSPS) is 29.4. The van der Waals surface area contributed by atoms with Gasteiger partial charge in [0.1, 0.15) is 0 Å². The molecule has 0 aromatic heterocycles. The molecule has 1 aromatic carbocycles. The van der Waals surface area contributed by atoms with E-state index < -0.39 is 0 Å². The molecule has 2 saturated heterocycles. The summed E-state index contributed by atoms with van der Waals surface area (Å²) in [5, 5.41) is 0. The Morgan fingerprint density at radius 1 is 1.33 bits per heavy atom. The molecule has 2 fully saturated rings. The first kappa shape index (κ1) is 11.7. The van der Waals surface area contributed by atoms with Gasteiger partial charge in [0.15, 0.2) is 0 Å². The molecule has 96 valence electrons. The summed E-state index contributed by atoms with van der Waals surface area (Å²) in [6, 6.07) is 9.78. The summed E-state index contributed by atoms with van der Waals surface area (Å²) >= 11 is 0. The van der Waals surface area contributed by atoms with Crippen LogP contribution in [0, 0.1) is 5.92 Å². The number of ether oxygens (including phenoxy) is 1. The van der Waals surface area contributed by atoms with E-state index in [0.29, 0.717) is 12.7 Å². The minimum atomic E-state index is -0.0434. The zero-order valence-electron chi connectivity index (χ0n) is 10.2. The predicted octanol–water partition coefficient (Wildman–Crippen LogP) is 1.80. The third-order valence-electron chi connectivity index (χ3n) is 3.70. The molecule has 0 saturated carbocycles. The number of carbonyl (C=O) groups is 1. The van der Waals surface area contributed by atoms with E-state index in [1.807, 2.05) is 30.3 Å². The summed E-state index contributed by atoms with van der Waals surface area (Å²) in [7, 11) is 0. The number of fused-ring (bicyclic) bond motifs is 2. The monoisotopic (exact) mass is 247 g/mol. The van der Waals surface area contributed by atoms with Crippen molar-refractivity contribution >= 4 is 5.91 Å². The van der Waals surface area contributed by atoms with Gasteiger partial charge in [-0.3, -0.25) is 9.63 Å². The summed E-state index contributed by atoms with van der Waals surface area (Å²) in [5.74, 6) is -0.0716. The van der Waals surface area contributed by atoms with E-state index in [-0.39, 0.29) is 17.9 Å². The lowest BCUT2D eigenvalue weighted by Crippen LogP contribution is -2.35. The fourth-order valence-corrected chi connectivity index (χ4v) is 2.75. The van der Waals surface area contributed by atoms with E-state index in [0.717, 1.165) is 24.8 Å². The SMILES string of the molecule is O=C(NOCc1ccccc1)C1CC2CCC1O2. The Hall–Kier alpha value is -1.39. The molecule has 4 nitrogen and oxygen atoms in total. The molecule has 3 atom stereocenters. The maximum absolute atomic E-state index is 11.9. The number of rotatable bonds is 4. The van der Waals surface area contributed by atoms with Gasteiger partial charge >= 0.3 is 0 Å². The first-order chi connectivity index (χ1) is 8.83. The van der Waals surface area contributed by atoms with Crippen LogP contribution in [0.1, 0.15) is 24.8 Å². The van der Waals surface area contributed by atoms with Crippen LogP contribution < -0.4 is 5.48 Å². The molecule has 1 aromatic rings. The largest absolute Gasteiger partial charge is 0.374 e. The molecule has 18 heavy (non-hydrogen) atoms. The maximum atomic E-state index is 11.9. The van der Waals surface area contributed by atoms with Crippen LogP contribution in [0.3, 0.4) is 0 Å². The second-order valence-electron chi connectivity index (χ2n) is 4.96. The Kier molecular flexibility index (Phi) is 3.30. The van der Waals surface area contributed by atoms with Gasteiger partial charge in [0.05, 0.1) is 24.7 Å². The van der Waals surface area contributed by atoms with Crippen molar-refractivity contribution < 1.29 is 14.4 Å². The van der Waals surface area contributed by atoms with Gasteiger partial charge in [-0.05, 0) is 24.8 Å². The minimum Gasteiger partial charge on any atom is -0.374 e. The molecule has 2 aliphatic heterocycles. The highest BCUT2D eigenvalue weighted by molar-refractivity contribution is 5.78. The van der Waals surface area contributed by atoms with Crippen molar-refractivity contribution in [1.82, 2.24) is 5.48 Å². The predicted molar refractivity (Wildman–Crippen MR) is 65.4 cm³/mol. The number of nitrogens with one attached hydrogen (secondary N) is 1. The first-order valence-electron chi connectivity index (χ1n) is 6.44. The lowest BCUT2D eigenvalue weighted by atomic mass is 9.89. The second-order valence-corrected chi connectivity index (χ2v) is 4.96. The lowest BCUT2D eigenvalue weighted by Gasteiger charge is -2.17. The molecule has 3 rings (SSSR count). The Balaban J connectivity index is 1.45. The Labute approximate surface area is 106 Å². The van der Waals surface area contributed by atoms with Gasteiger partial charge in [-0.2, -0.15) is 0 Å². The number of hydrogen-bond acceptors (Lipinski definition) is 3. The molecule has 2 heterocycles. The average molecular weight is 247 g/mol. The number of hydrogen-bond donors (Lipinski definition) is 1. The van der Waals surface area contributed by atoms with Crippen molar-refractivity contribution in [2.45, 2.75) is 38.1 Å². The summed E-state index contributed by atoms with van der Waals surface area (Å²) in [6.45, 7) is 0.397. The third kappa shape index (κ3) is 2.40. The van der Waals surface area contributed by atoms with E-state index in [4.69, 9.17) is 9.57 Å². The van der Waals surface area contributed by atoms with Crippen LogP contribution in [0.2, 0.25) is 0 Å². The fourth-order valence-electron chi connectivity index (χ4n) is 2.75. The highest BCUT2D eigenvalue weighted by Gasteiger charge is 2.44. The van der Waals surface area contributed by atoms with Gasteiger partial charge in [-0.25, -0.2) is 5.48 Å². The van der Waals surface area contributed by atoms with Gasteiger partial charge in [0.25, 0.3) is 0 Å². The van der Waals surface area contributed by atoms with Gasteiger partial charge in [-0.1, -0.05) is 30.3 Å². The van der Waals surface area contributed by atoms with E-state index in [1.54, 1.807) is 0 Å². The van der Waals surface area contributed by atoms with Gasteiger partial charge in [0.2, 0.25) is 5.91 Å². The highest BCUT2D eigenvalue weighted by atomic mass is 16.7. The topological polar surface area (TPSA) is 47.6 Å². The summed E-state index contributed by atoms with van der Waals surface area (Å²) in [4.78, 5) is 17.2. The van der Waals surface area contributed by atoms with Crippen molar-refractivity contribution in [3.8, 4) is 0 Å². The summed E-state index contributed by atoms with van der Waals surface area (Å²) in [5.41, 5.74) is 3.58. The van der Waals surface area contributed by atoms with Crippen molar-refractivity contribution in [3.05, 3.63) is 35.9 Å². The molecule has 1 N–H and O–H groups in total. The molecular formula is C14H17NO3. The first-order valence-corrected chi connectivity index (χ1v) is 6.44. The second kappa shape index (κ2) is 5.08. The smallest absolute Gasteiger partial charge is 0.249 e. The van der Waals surface area contributed by atoms with Crippen LogP contribution in [0.5, 0.6) is 0 Å². The molecule has 3 unspecified atom stereocenters. The van der Waals surface area contributed by atoms with E-state index in [2.05, 4.69) is 5.48 Å². The van der Waals surface area contributed by atoms with Crippen LogP contribution in [-0.2, 0) is 21.0 Å². The number of carbonyl (C=O) groups excluding carboxylic acids is 1.